The zero-order chi connectivity index (χ0) is 22.1. The van der Waals surface area contributed by atoms with Crippen LogP contribution in [0.2, 0.25) is 5.02 Å². The Morgan fingerprint density at radius 2 is 1.84 bits per heavy atom. The Labute approximate surface area is 187 Å². The molecule has 1 N–H and O–H groups in total. The minimum Gasteiger partial charge on any atom is -0.325 e. The lowest BCUT2D eigenvalue weighted by molar-refractivity contribution is -0.116. The number of hydrogen-bond donors (Lipinski definition) is 1. The molecule has 2 aromatic carbocycles. The molecule has 0 bridgehead atoms. The fraction of sp³-hybridized carbons (Fsp3) is 0.174. The van der Waals surface area contributed by atoms with Crippen molar-refractivity contribution in [1.82, 2.24) is 9.13 Å². The SMILES string of the molecule is CC(C)c1cccc(NC(=O)Cn2c(=O)n(-c3ccc(Cl)cc3)c(=O)c3sccc32)c1. The fourth-order valence-electron chi connectivity index (χ4n) is 3.38. The Morgan fingerprint density at radius 1 is 1.10 bits per heavy atom. The van der Waals surface area contributed by atoms with Crippen LogP contribution in [-0.2, 0) is 11.3 Å². The number of hydrogen-bond acceptors (Lipinski definition) is 4. The summed E-state index contributed by atoms with van der Waals surface area (Å²) in [5.74, 6) is -0.0235. The third-order valence-corrected chi connectivity index (χ3v) is 6.12. The molecule has 6 nitrogen and oxygen atoms in total. The van der Waals surface area contributed by atoms with Gasteiger partial charge in [0.25, 0.3) is 5.56 Å². The van der Waals surface area contributed by atoms with Gasteiger partial charge in [-0.25, -0.2) is 9.36 Å². The average Bonchev–Trinajstić information content (AvgIpc) is 3.23. The van der Waals surface area contributed by atoms with Crippen LogP contribution in [0.5, 0.6) is 0 Å². The van der Waals surface area contributed by atoms with Gasteiger partial charge < -0.3 is 5.32 Å². The molecule has 31 heavy (non-hydrogen) atoms. The van der Waals surface area contributed by atoms with Crippen molar-refractivity contribution in [2.45, 2.75) is 26.3 Å². The van der Waals surface area contributed by atoms with Crippen LogP contribution in [0.4, 0.5) is 5.69 Å². The summed E-state index contributed by atoms with van der Waals surface area (Å²) >= 11 is 7.18. The summed E-state index contributed by atoms with van der Waals surface area (Å²) in [5.41, 5.74) is 1.61. The van der Waals surface area contributed by atoms with Crippen molar-refractivity contribution in [3.05, 3.63) is 91.4 Å². The lowest BCUT2D eigenvalue weighted by atomic mass is 10.0. The second kappa shape index (κ2) is 8.53. The minimum atomic E-state index is -0.579. The van der Waals surface area contributed by atoms with Gasteiger partial charge >= 0.3 is 5.69 Å². The molecule has 4 rings (SSSR count). The lowest BCUT2D eigenvalue weighted by Crippen LogP contribution is -2.40. The molecule has 4 aromatic rings. The van der Waals surface area contributed by atoms with Gasteiger partial charge in [0.15, 0.2) is 0 Å². The molecule has 2 aromatic heterocycles. The van der Waals surface area contributed by atoms with E-state index in [1.54, 1.807) is 41.8 Å². The van der Waals surface area contributed by atoms with Crippen molar-refractivity contribution in [2.75, 3.05) is 5.32 Å². The predicted octanol–water partition coefficient (Wildman–Crippen LogP) is 4.63. The van der Waals surface area contributed by atoms with Gasteiger partial charge in [-0.1, -0.05) is 37.6 Å². The molecule has 0 unspecified atom stereocenters. The number of nitrogens with zero attached hydrogens (tertiary/aromatic N) is 2. The Balaban J connectivity index is 1.74. The molecule has 0 radical (unpaired) electrons. The van der Waals surface area contributed by atoms with E-state index in [0.717, 1.165) is 10.1 Å². The average molecular weight is 454 g/mol. The van der Waals surface area contributed by atoms with Crippen molar-refractivity contribution < 1.29 is 4.79 Å². The number of fused-ring (bicyclic) bond motifs is 1. The molecule has 0 aliphatic rings. The van der Waals surface area contributed by atoms with Crippen LogP contribution < -0.4 is 16.6 Å². The van der Waals surface area contributed by atoms with Crippen molar-refractivity contribution >= 4 is 44.7 Å². The topological polar surface area (TPSA) is 73.1 Å². The summed E-state index contributed by atoms with van der Waals surface area (Å²) in [5, 5.41) is 5.08. The monoisotopic (exact) mass is 453 g/mol. The van der Waals surface area contributed by atoms with Gasteiger partial charge in [0.2, 0.25) is 5.91 Å². The first-order valence-corrected chi connectivity index (χ1v) is 11.0. The van der Waals surface area contributed by atoms with Crippen LogP contribution in [0.1, 0.15) is 25.3 Å². The molecule has 8 heteroatoms. The lowest BCUT2D eigenvalue weighted by Gasteiger charge is -2.13. The van der Waals surface area contributed by atoms with Crippen LogP contribution >= 0.6 is 22.9 Å². The molecular formula is C23H20ClN3O3S. The van der Waals surface area contributed by atoms with Gasteiger partial charge in [0.1, 0.15) is 11.2 Å². The number of nitrogens with one attached hydrogen (secondary N) is 1. The van der Waals surface area contributed by atoms with Crippen LogP contribution in [0, 0.1) is 0 Å². The predicted molar refractivity (Wildman–Crippen MR) is 126 cm³/mol. The summed E-state index contributed by atoms with van der Waals surface area (Å²) in [6.07, 6.45) is 0. The molecule has 1 amide bonds. The second-order valence-electron chi connectivity index (χ2n) is 7.45. The van der Waals surface area contributed by atoms with Gasteiger partial charge in [-0.05, 0) is 59.3 Å². The van der Waals surface area contributed by atoms with E-state index in [1.165, 1.54) is 15.9 Å². The van der Waals surface area contributed by atoms with Crippen molar-refractivity contribution in [3.63, 3.8) is 0 Å². The van der Waals surface area contributed by atoms with E-state index in [-0.39, 0.29) is 12.5 Å². The first-order chi connectivity index (χ1) is 14.8. The normalized spacial score (nSPS) is 11.2. The largest absolute Gasteiger partial charge is 0.336 e. The van der Waals surface area contributed by atoms with Gasteiger partial charge in [-0.3, -0.25) is 14.2 Å². The molecule has 0 fully saturated rings. The third kappa shape index (κ3) is 4.19. The van der Waals surface area contributed by atoms with Crippen LogP contribution in [0.15, 0.2) is 69.6 Å². The highest BCUT2D eigenvalue weighted by Crippen LogP contribution is 2.20. The molecule has 0 aliphatic carbocycles. The Bertz CT molecular complexity index is 1380. The molecule has 158 valence electrons. The number of benzene rings is 2. The molecule has 0 saturated heterocycles. The smallest absolute Gasteiger partial charge is 0.325 e. The van der Waals surface area contributed by atoms with E-state index in [2.05, 4.69) is 19.2 Å². The molecule has 0 spiro atoms. The molecular weight excluding hydrogens is 434 g/mol. The number of amides is 1. The van der Waals surface area contributed by atoms with E-state index < -0.39 is 11.2 Å². The summed E-state index contributed by atoms with van der Waals surface area (Å²) in [7, 11) is 0. The molecule has 0 atom stereocenters. The maximum absolute atomic E-state index is 13.2. The zero-order valence-corrected chi connectivity index (χ0v) is 18.5. The highest BCUT2D eigenvalue weighted by atomic mass is 35.5. The first kappa shape index (κ1) is 21.1. The summed E-state index contributed by atoms with van der Waals surface area (Å²) in [4.78, 5) is 39.0. The maximum Gasteiger partial charge on any atom is 0.336 e. The van der Waals surface area contributed by atoms with E-state index >= 15 is 0 Å². The zero-order valence-electron chi connectivity index (χ0n) is 17.0. The van der Waals surface area contributed by atoms with Crippen LogP contribution in [-0.4, -0.2) is 15.0 Å². The third-order valence-electron chi connectivity index (χ3n) is 4.98. The second-order valence-corrected chi connectivity index (χ2v) is 8.80. The van der Waals surface area contributed by atoms with E-state index in [0.29, 0.717) is 32.5 Å². The van der Waals surface area contributed by atoms with Gasteiger partial charge in [-0.2, -0.15) is 0 Å². The summed E-state index contributed by atoms with van der Waals surface area (Å²) < 4.78 is 2.80. The Hall–Kier alpha value is -3.16. The quantitative estimate of drug-likeness (QED) is 0.478. The highest BCUT2D eigenvalue weighted by Gasteiger charge is 2.17. The van der Waals surface area contributed by atoms with E-state index in [9.17, 15) is 14.4 Å². The number of aromatic nitrogens is 2. The van der Waals surface area contributed by atoms with Crippen molar-refractivity contribution in [2.24, 2.45) is 0 Å². The number of halogens is 1. The number of anilines is 1. The minimum absolute atomic E-state index is 0.216. The van der Waals surface area contributed by atoms with Crippen LogP contribution in [0.25, 0.3) is 15.9 Å². The number of carbonyl (C=O) groups excluding carboxylic acids is 1. The molecule has 0 saturated carbocycles. The van der Waals surface area contributed by atoms with Crippen LogP contribution in [0.3, 0.4) is 0 Å². The molecule has 0 aliphatic heterocycles. The van der Waals surface area contributed by atoms with Gasteiger partial charge in [0, 0.05) is 10.7 Å². The first-order valence-electron chi connectivity index (χ1n) is 9.74. The van der Waals surface area contributed by atoms with Gasteiger partial charge in [-0.15, -0.1) is 11.3 Å². The maximum atomic E-state index is 13.2. The van der Waals surface area contributed by atoms with Crippen molar-refractivity contribution in [1.29, 1.82) is 0 Å². The van der Waals surface area contributed by atoms with Crippen molar-refractivity contribution in [3.8, 4) is 5.69 Å². The molecule has 2 heterocycles. The van der Waals surface area contributed by atoms with E-state index in [1.807, 2.05) is 18.2 Å². The fourth-order valence-corrected chi connectivity index (χ4v) is 4.33. The number of carbonyl (C=O) groups is 1. The summed E-state index contributed by atoms with van der Waals surface area (Å²) in [6, 6.07) is 15.7. The van der Waals surface area contributed by atoms with Gasteiger partial charge in [0.05, 0.1) is 11.2 Å². The Kier molecular flexibility index (Phi) is 5.80. The number of rotatable bonds is 5. The number of thiophene rings is 1. The Morgan fingerprint density at radius 3 is 2.55 bits per heavy atom. The highest BCUT2D eigenvalue weighted by molar-refractivity contribution is 7.17. The standard InChI is InChI=1S/C23H20ClN3O3S/c1-14(2)15-4-3-5-17(12-15)25-20(28)13-26-19-10-11-31-21(19)22(29)27(23(26)30)18-8-6-16(24)7-9-18/h3-12,14H,13H2,1-2H3,(H,25,28). The van der Waals surface area contributed by atoms with E-state index in [4.69, 9.17) is 11.6 Å². The summed E-state index contributed by atoms with van der Waals surface area (Å²) in [6.45, 7) is 3.94.